The van der Waals surface area contributed by atoms with Crippen LogP contribution in [0.5, 0.6) is 0 Å². The zero-order valence-corrected chi connectivity index (χ0v) is 15.4. The summed E-state index contributed by atoms with van der Waals surface area (Å²) in [7, 11) is 1.78. The predicted octanol–water partition coefficient (Wildman–Crippen LogP) is 1.38. The minimum atomic E-state index is -0.937. The summed E-state index contributed by atoms with van der Waals surface area (Å²) >= 11 is 0. The standard InChI is InChI=1S/C18H26N4O4/c1-3-22-14-5-4-12(10-13(14)15(19-22)16(23)24)21-8-6-18(7-9-21)11-20(2)17(25)26-18/h12H,3-11H2,1-2H3,(H,23,24). The summed E-state index contributed by atoms with van der Waals surface area (Å²) in [5, 5.41) is 13.8. The van der Waals surface area contributed by atoms with E-state index >= 15 is 0 Å². The van der Waals surface area contributed by atoms with Crippen LogP contribution in [0.25, 0.3) is 0 Å². The van der Waals surface area contributed by atoms with Crippen molar-refractivity contribution in [2.45, 2.75) is 57.2 Å². The Morgan fingerprint density at radius 3 is 2.69 bits per heavy atom. The highest BCUT2D eigenvalue weighted by Crippen LogP contribution is 2.35. The monoisotopic (exact) mass is 362 g/mol. The van der Waals surface area contributed by atoms with Crippen LogP contribution in [0.1, 0.15) is 47.9 Å². The van der Waals surface area contributed by atoms with E-state index in [1.54, 1.807) is 11.9 Å². The average Bonchev–Trinajstić information content (AvgIpc) is 3.12. The second-order valence-electron chi connectivity index (χ2n) is 7.73. The Morgan fingerprint density at radius 2 is 2.12 bits per heavy atom. The average molecular weight is 362 g/mol. The van der Waals surface area contributed by atoms with E-state index < -0.39 is 5.97 Å². The number of aromatic carboxylic acids is 1. The molecule has 0 bridgehead atoms. The third kappa shape index (κ3) is 2.76. The van der Waals surface area contributed by atoms with Crippen molar-refractivity contribution in [3.05, 3.63) is 17.0 Å². The Balaban J connectivity index is 1.46. The maximum atomic E-state index is 11.7. The fourth-order valence-electron chi connectivity index (χ4n) is 4.76. The zero-order chi connectivity index (χ0) is 18.5. The number of ether oxygens (including phenoxy) is 1. The number of rotatable bonds is 3. The first kappa shape index (κ1) is 17.3. The number of likely N-dealkylation sites (tertiary alicyclic amines) is 1. The van der Waals surface area contributed by atoms with Crippen molar-refractivity contribution in [3.8, 4) is 0 Å². The van der Waals surface area contributed by atoms with E-state index in [4.69, 9.17) is 4.74 Å². The number of aryl methyl sites for hydroxylation is 1. The minimum Gasteiger partial charge on any atom is -0.476 e. The van der Waals surface area contributed by atoms with Gasteiger partial charge in [0.2, 0.25) is 0 Å². The zero-order valence-electron chi connectivity index (χ0n) is 15.4. The first-order valence-electron chi connectivity index (χ1n) is 9.42. The molecule has 1 aromatic rings. The molecule has 2 fully saturated rings. The van der Waals surface area contributed by atoms with Gasteiger partial charge in [0.1, 0.15) is 5.60 Å². The van der Waals surface area contributed by atoms with Crippen molar-refractivity contribution in [1.82, 2.24) is 19.6 Å². The molecule has 0 radical (unpaired) electrons. The molecule has 1 N–H and O–H groups in total. The van der Waals surface area contributed by atoms with Crippen LogP contribution in [0.3, 0.4) is 0 Å². The van der Waals surface area contributed by atoms with Gasteiger partial charge >= 0.3 is 12.1 Å². The van der Waals surface area contributed by atoms with Crippen LogP contribution in [0, 0.1) is 0 Å². The van der Waals surface area contributed by atoms with Crippen LogP contribution >= 0.6 is 0 Å². The minimum absolute atomic E-state index is 0.214. The van der Waals surface area contributed by atoms with Gasteiger partial charge in [0.25, 0.3) is 0 Å². The Kier molecular flexibility index (Phi) is 4.17. The van der Waals surface area contributed by atoms with Crippen LogP contribution in [0.4, 0.5) is 4.79 Å². The molecule has 4 rings (SSSR count). The lowest BCUT2D eigenvalue weighted by molar-refractivity contribution is -0.0117. The summed E-state index contributed by atoms with van der Waals surface area (Å²) in [4.78, 5) is 27.4. The van der Waals surface area contributed by atoms with E-state index in [0.717, 1.165) is 56.5 Å². The van der Waals surface area contributed by atoms with Crippen molar-refractivity contribution < 1.29 is 19.4 Å². The number of aromatic nitrogens is 2. The van der Waals surface area contributed by atoms with Crippen LogP contribution in [0.15, 0.2) is 0 Å². The number of piperidine rings is 1. The van der Waals surface area contributed by atoms with Crippen molar-refractivity contribution in [2.75, 3.05) is 26.7 Å². The molecule has 3 heterocycles. The second-order valence-corrected chi connectivity index (χ2v) is 7.73. The molecule has 26 heavy (non-hydrogen) atoms. The molecule has 0 aromatic carbocycles. The van der Waals surface area contributed by atoms with Crippen LogP contribution in [-0.4, -0.2) is 75.1 Å². The van der Waals surface area contributed by atoms with Gasteiger partial charge in [0, 0.05) is 56.8 Å². The molecule has 8 heteroatoms. The highest BCUT2D eigenvalue weighted by atomic mass is 16.6. The van der Waals surface area contributed by atoms with Crippen molar-refractivity contribution in [3.63, 3.8) is 0 Å². The summed E-state index contributed by atoms with van der Waals surface area (Å²) < 4.78 is 7.47. The smallest absolute Gasteiger partial charge is 0.410 e. The van der Waals surface area contributed by atoms with Crippen LogP contribution in [0.2, 0.25) is 0 Å². The van der Waals surface area contributed by atoms with E-state index in [0.29, 0.717) is 19.1 Å². The summed E-state index contributed by atoms with van der Waals surface area (Å²) in [6.45, 7) is 5.12. The number of nitrogens with zero attached hydrogens (tertiary/aromatic N) is 4. The van der Waals surface area contributed by atoms with Gasteiger partial charge in [-0.3, -0.25) is 9.58 Å². The molecule has 1 aromatic heterocycles. The number of carbonyl (C=O) groups excluding carboxylic acids is 1. The Morgan fingerprint density at radius 1 is 1.38 bits per heavy atom. The first-order valence-corrected chi connectivity index (χ1v) is 9.42. The summed E-state index contributed by atoms with van der Waals surface area (Å²) in [6, 6.07) is 0.335. The van der Waals surface area contributed by atoms with Crippen LogP contribution < -0.4 is 0 Å². The third-order valence-electron chi connectivity index (χ3n) is 6.19. The van der Waals surface area contributed by atoms with Gasteiger partial charge in [0.05, 0.1) is 6.54 Å². The van der Waals surface area contributed by atoms with Crippen molar-refractivity contribution in [1.29, 1.82) is 0 Å². The molecule has 1 spiro atoms. The van der Waals surface area contributed by atoms with Gasteiger partial charge in [-0.15, -0.1) is 0 Å². The molecule has 0 saturated carbocycles. The van der Waals surface area contributed by atoms with E-state index in [-0.39, 0.29) is 17.4 Å². The van der Waals surface area contributed by atoms with Crippen molar-refractivity contribution in [2.24, 2.45) is 0 Å². The Hall–Kier alpha value is -2.09. The summed E-state index contributed by atoms with van der Waals surface area (Å²) in [5.41, 5.74) is 1.87. The van der Waals surface area contributed by atoms with Gasteiger partial charge in [-0.05, 0) is 26.2 Å². The van der Waals surface area contributed by atoms with Gasteiger partial charge in [-0.1, -0.05) is 0 Å². The lowest BCUT2D eigenvalue weighted by atomic mass is 9.86. The molecule has 1 unspecified atom stereocenters. The maximum Gasteiger partial charge on any atom is 0.410 e. The molecular weight excluding hydrogens is 336 g/mol. The Labute approximate surface area is 152 Å². The largest absolute Gasteiger partial charge is 0.476 e. The fourth-order valence-corrected chi connectivity index (χ4v) is 4.76. The number of carboxylic acid groups (broad SMARTS) is 1. The number of hydrogen-bond donors (Lipinski definition) is 1. The highest BCUT2D eigenvalue weighted by molar-refractivity contribution is 5.87. The summed E-state index contributed by atoms with van der Waals surface area (Å²) in [6.07, 6.45) is 4.08. The van der Waals surface area contributed by atoms with Gasteiger partial charge in [0.15, 0.2) is 5.69 Å². The molecule has 1 amide bonds. The van der Waals surface area contributed by atoms with Gasteiger partial charge < -0.3 is 14.7 Å². The van der Waals surface area contributed by atoms with E-state index in [1.807, 2.05) is 11.6 Å². The van der Waals surface area contributed by atoms with E-state index in [2.05, 4.69) is 10.00 Å². The van der Waals surface area contributed by atoms with Crippen molar-refractivity contribution >= 4 is 12.1 Å². The SMILES string of the molecule is CCn1nc(C(=O)O)c2c1CCC(N1CCC3(CC1)CN(C)C(=O)O3)C2. The lowest BCUT2D eigenvalue weighted by Gasteiger charge is -2.42. The summed E-state index contributed by atoms with van der Waals surface area (Å²) in [5.74, 6) is -0.937. The quantitative estimate of drug-likeness (QED) is 0.874. The number of hydrogen-bond acceptors (Lipinski definition) is 5. The highest BCUT2D eigenvalue weighted by Gasteiger charge is 2.46. The normalized spacial score (nSPS) is 25.4. The molecule has 2 aliphatic heterocycles. The fraction of sp³-hybridized carbons (Fsp3) is 0.722. The number of carbonyl (C=O) groups is 2. The van der Waals surface area contributed by atoms with E-state index in [9.17, 15) is 14.7 Å². The Bertz CT molecular complexity index is 736. The molecule has 1 atom stereocenters. The number of fused-ring (bicyclic) bond motifs is 1. The molecule has 1 aliphatic carbocycles. The lowest BCUT2D eigenvalue weighted by Crippen LogP contribution is -2.51. The molecule has 2 saturated heterocycles. The number of carboxylic acids is 1. The van der Waals surface area contributed by atoms with Gasteiger partial charge in [-0.2, -0.15) is 5.10 Å². The first-order chi connectivity index (χ1) is 12.4. The molecular formula is C18H26N4O4. The van der Waals surface area contributed by atoms with Crippen LogP contribution in [-0.2, 0) is 24.1 Å². The third-order valence-corrected chi connectivity index (χ3v) is 6.19. The molecule has 3 aliphatic rings. The maximum absolute atomic E-state index is 11.7. The van der Waals surface area contributed by atoms with Gasteiger partial charge in [-0.25, -0.2) is 9.59 Å². The topological polar surface area (TPSA) is 87.9 Å². The second kappa shape index (κ2) is 6.26. The van der Waals surface area contributed by atoms with E-state index in [1.165, 1.54) is 0 Å². The molecule has 142 valence electrons. The number of amides is 1. The molecule has 8 nitrogen and oxygen atoms in total. The number of likely N-dealkylation sites (N-methyl/N-ethyl adjacent to an activating group) is 1. The predicted molar refractivity (Wildman–Crippen MR) is 93.3 cm³/mol.